The molecule has 3 nitrogen and oxygen atoms in total. The van der Waals surface area contributed by atoms with E-state index in [1.54, 1.807) is 0 Å². The molecule has 0 aliphatic heterocycles. The van der Waals surface area contributed by atoms with Crippen LogP contribution < -0.4 is 5.32 Å². The Labute approximate surface area is 139 Å². The molecule has 0 bridgehead atoms. The van der Waals surface area contributed by atoms with Crippen LogP contribution in [0.3, 0.4) is 0 Å². The quantitative estimate of drug-likeness (QED) is 0.766. The van der Waals surface area contributed by atoms with E-state index in [9.17, 15) is 4.79 Å². The van der Waals surface area contributed by atoms with Gasteiger partial charge in [0.15, 0.2) is 0 Å². The van der Waals surface area contributed by atoms with E-state index in [0.29, 0.717) is 11.6 Å². The molecule has 5 heteroatoms. The molecular weight excluding hydrogens is 350 g/mol. The van der Waals surface area contributed by atoms with Crippen LogP contribution in [0.5, 0.6) is 0 Å². The molecule has 1 aliphatic rings. The number of rotatable bonds is 6. The number of halogens is 1. The molecule has 0 spiro atoms. The minimum Gasteiger partial charge on any atom is -0.465 e. The summed E-state index contributed by atoms with van der Waals surface area (Å²) in [7, 11) is 1.40. The number of hydrogen-bond donors (Lipinski definition) is 1. The summed E-state index contributed by atoms with van der Waals surface area (Å²) in [5, 5.41) is 4.41. The molecule has 116 valence electrons. The van der Waals surface area contributed by atoms with Crippen molar-refractivity contribution in [1.29, 1.82) is 0 Å². The summed E-state index contributed by atoms with van der Waals surface area (Å²) in [5.74, 6) is 0.880. The number of thioether (sulfide) groups is 1. The molecule has 2 unspecified atom stereocenters. The Balaban J connectivity index is 1.95. The summed E-state index contributed by atoms with van der Waals surface area (Å²) in [6, 6.07) is 6.23. The number of carbonyl (C=O) groups is 1. The van der Waals surface area contributed by atoms with Crippen LogP contribution in [0.4, 0.5) is 0 Å². The van der Waals surface area contributed by atoms with Gasteiger partial charge in [0.25, 0.3) is 0 Å². The van der Waals surface area contributed by atoms with E-state index in [1.165, 1.54) is 37.7 Å². The molecule has 1 aromatic rings. The SMILES string of the molecule is CCSC1CCCC1NCc1ccc(C(=O)OC)cc1Br. The Morgan fingerprint density at radius 2 is 2.29 bits per heavy atom. The first-order chi connectivity index (χ1) is 10.2. The lowest BCUT2D eigenvalue weighted by molar-refractivity contribution is 0.0600. The third-order valence-electron chi connectivity index (χ3n) is 3.86. The molecule has 0 aromatic heterocycles. The molecule has 0 radical (unpaired) electrons. The van der Waals surface area contributed by atoms with E-state index in [4.69, 9.17) is 4.74 Å². The van der Waals surface area contributed by atoms with Gasteiger partial charge >= 0.3 is 5.97 Å². The number of methoxy groups -OCH3 is 1. The van der Waals surface area contributed by atoms with Crippen molar-refractivity contribution in [2.45, 2.75) is 44.0 Å². The Morgan fingerprint density at radius 1 is 1.48 bits per heavy atom. The summed E-state index contributed by atoms with van der Waals surface area (Å²) < 4.78 is 5.69. The number of esters is 1. The molecule has 1 aromatic carbocycles. The normalized spacial score (nSPS) is 21.5. The van der Waals surface area contributed by atoms with E-state index in [2.05, 4.69) is 39.9 Å². The average molecular weight is 372 g/mol. The Kier molecular flexibility index (Phi) is 6.58. The Bertz CT molecular complexity index is 495. The van der Waals surface area contributed by atoms with Crippen LogP contribution in [-0.4, -0.2) is 30.1 Å². The third-order valence-corrected chi connectivity index (χ3v) is 5.93. The molecule has 0 saturated heterocycles. The van der Waals surface area contributed by atoms with Crippen LogP contribution in [-0.2, 0) is 11.3 Å². The highest BCUT2D eigenvalue weighted by atomic mass is 79.9. The molecule has 1 aliphatic carbocycles. The van der Waals surface area contributed by atoms with Gasteiger partial charge in [-0.25, -0.2) is 4.79 Å². The number of ether oxygens (including phenoxy) is 1. The zero-order chi connectivity index (χ0) is 15.2. The van der Waals surface area contributed by atoms with Gasteiger partial charge in [0, 0.05) is 22.3 Å². The van der Waals surface area contributed by atoms with Crippen molar-refractivity contribution >= 4 is 33.7 Å². The van der Waals surface area contributed by atoms with Crippen LogP contribution in [0.1, 0.15) is 42.1 Å². The number of benzene rings is 1. The van der Waals surface area contributed by atoms with Gasteiger partial charge in [-0.05, 0) is 36.3 Å². The first-order valence-electron chi connectivity index (χ1n) is 7.37. The van der Waals surface area contributed by atoms with Gasteiger partial charge in [0.2, 0.25) is 0 Å². The van der Waals surface area contributed by atoms with Crippen molar-refractivity contribution in [3.63, 3.8) is 0 Å². The number of carbonyl (C=O) groups excluding carboxylic acids is 1. The van der Waals surface area contributed by atoms with Gasteiger partial charge in [-0.1, -0.05) is 35.3 Å². The minimum absolute atomic E-state index is 0.301. The summed E-state index contributed by atoms with van der Waals surface area (Å²) in [4.78, 5) is 11.5. The van der Waals surface area contributed by atoms with E-state index in [0.717, 1.165) is 16.3 Å². The second-order valence-electron chi connectivity index (χ2n) is 5.21. The zero-order valence-electron chi connectivity index (χ0n) is 12.5. The predicted molar refractivity (Wildman–Crippen MR) is 91.9 cm³/mol. The van der Waals surface area contributed by atoms with Crippen LogP contribution in [0.25, 0.3) is 0 Å². The highest BCUT2D eigenvalue weighted by Crippen LogP contribution is 2.30. The molecule has 1 N–H and O–H groups in total. The van der Waals surface area contributed by atoms with E-state index < -0.39 is 0 Å². The standard InChI is InChI=1S/C16H22BrNO2S/c1-3-21-15-6-4-5-14(15)18-10-12-8-7-11(9-13(12)17)16(19)20-2/h7-9,14-15,18H,3-6,10H2,1-2H3. The fourth-order valence-electron chi connectivity index (χ4n) is 2.75. The number of nitrogens with one attached hydrogen (secondary N) is 1. The number of hydrogen-bond acceptors (Lipinski definition) is 4. The fraction of sp³-hybridized carbons (Fsp3) is 0.562. The molecular formula is C16H22BrNO2S. The first kappa shape index (κ1) is 16.8. The lowest BCUT2D eigenvalue weighted by Gasteiger charge is -2.20. The van der Waals surface area contributed by atoms with Crippen molar-refractivity contribution < 1.29 is 9.53 Å². The largest absolute Gasteiger partial charge is 0.465 e. The second-order valence-corrected chi connectivity index (χ2v) is 7.58. The van der Waals surface area contributed by atoms with Gasteiger partial charge in [0.1, 0.15) is 0 Å². The van der Waals surface area contributed by atoms with Crippen LogP contribution in [0.15, 0.2) is 22.7 Å². The van der Waals surface area contributed by atoms with Crippen molar-refractivity contribution in [3.05, 3.63) is 33.8 Å². The summed E-state index contributed by atoms with van der Waals surface area (Å²) in [6.07, 6.45) is 3.89. The Hall–Kier alpha value is -0.520. The van der Waals surface area contributed by atoms with E-state index in [-0.39, 0.29) is 5.97 Å². The van der Waals surface area contributed by atoms with Crippen LogP contribution in [0.2, 0.25) is 0 Å². The van der Waals surface area contributed by atoms with Gasteiger partial charge in [-0.15, -0.1) is 0 Å². The van der Waals surface area contributed by atoms with Crippen LogP contribution >= 0.6 is 27.7 Å². The molecule has 0 amide bonds. The second kappa shape index (κ2) is 8.20. The maximum Gasteiger partial charge on any atom is 0.337 e. The maximum atomic E-state index is 11.5. The topological polar surface area (TPSA) is 38.3 Å². The zero-order valence-corrected chi connectivity index (χ0v) is 14.9. The lowest BCUT2D eigenvalue weighted by atomic mass is 10.1. The first-order valence-corrected chi connectivity index (χ1v) is 9.21. The van der Waals surface area contributed by atoms with Crippen molar-refractivity contribution in [2.24, 2.45) is 0 Å². The van der Waals surface area contributed by atoms with E-state index in [1.807, 2.05) is 18.2 Å². The molecule has 2 rings (SSSR count). The molecule has 1 fully saturated rings. The van der Waals surface area contributed by atoms with Gasteiger partial charge < -0.3 is 10.1 Å². The average Bonchev–Trinajstić information content (AvgIpc) is 2.93. The van der Waals surface area contributed by atoms with Gasteiger partial charge in [-0.3, -0.25) is 0 Å². The summed E-state index contributed by atoms with van der Waals surface area (Å²) in [5.41, 5.74) is 1.75. The van der Waals surface area contributed by atoms with Gasteiger partial charge in [-0.2, -0.15) is 11.8 Å². The molecule has 1 saturated carbocycles. The van der Waals surface area contributed by atoms with Gasteiger partial charge in [0.05, 0.1) is 12.7 Å². The minimum atomic E-state index is -0.301. The predicted octanol–water partition coefficient (Wildman–Crippen LogP) is 4.00. The van der Waals surface area contributed by atoms with Crippen LogP contribution in [0, 0.1) is 0 Å². The summed E-state index contributed by atoms with van der Waals surface area (Å²) in [6.45, 7) is 3.05. The molecule has 0 heterocycles. The van der Waals surface area contributed by atoms with Crippen molar-refractivity contribution in [2.75, 3.05) is 12.9 Å². The maximum absolute atomic E-state index is 11.5. The molecule has 21 heavy (non-hydrogen) atoms. The monoisotopic (exact) mass is 371 g/mol. The van der Waals surface area contributed by atoms with Crippen molar-refractivity contribution in [1.82, 2.24) is 5.32 Å². The van der Waals surface area contributed by atoms with Crippen molar-refractivity contribution in [3.8, 4) is 0 Å². The smallest absolute Gasteiger partial charge is 0.337 e. The summed E-state index contributed by atoms with van der Waals surface area (Å²) >= 11 is 5.61. The van der Waals surface area contributed by atoms with E-state index >= 15 is 0 Å². The lowest BCUT2D eigenvalue weighted by Crippen LogP contribution is -2.33. The highest BCUT2D eigenvalue weighted by Gasteiger charge is 2.26. The highest BCUT2D eigenvalue weighted by molar-refractivity contribution is 9.10. The fourth-order valence-corrected chi connectivity index (χ4v) is 4.49. The Morgan fingerprint density at radius 3 is 2.95 bits per heavy atom. The third kappa shape index (κ3) is 4.47. The molecule has 2 atom stereocenters.